The minimum absolute atomic E-state index is 0.0958. The van der Waals surface area contributed by atoms with Crippen LogP contribution in [0.2, 0.25) is 5.15 Å². The molecule has 96 valence electrons. The number of carbonyl (C=O) groups excluding carboxylic acids is 2. The monoisotopic (exact) mass is 272 g/mol. The maximum atomic E-state index is 11.6. The topological polar surface area (TPSA) is 135 Å². The van der Waals surface area contributed by atoms with E-state index in [-0.39, 0.29) is 10.8 Å². The van der Waals surface area contributed by atoms with Gasteiger partial charge in [0.1, 0.15) is 6.04 Å². The van der Waals surface area contributed by atoms with Gasteiger partial charge in [-0.15, -0.1) is 10.2 Å². The summed E-state index contributed by atoms with van der Waals surface area (Å²) >= 11 is 5.48. The number of nitrogens with two attached hydrogens (primary N) is 1. The number of primary amides is 1. The molecule has 8 nitrogen and oxygen atoms in total. The van der Waals surface area contributed by atoms with Gasteiger partial charge in [0.25, 0.3) is 5.91 Å². The molecule has 1 rings (SSSR count). The van der Waals surface area contributed by atoms with Gasteiger partial charge in [-0.25, -0.2) is 4.79 Å². The van der Waals surface area contributed by atoms with Gasteiger partial charge >= 0.3 is 5.97 Å². The largest absolute Gasteiger partial charge is 0.480 e. The number of hydrogen-bond donors (Lipinski definition) is 3. The minimum Gasteiger partial charge on any atom is -0.480 e. The quantitative estimate of drug-likeness (QED) is 0.641. The first-order chi connectivity index (χ1) is 8.40. The van der Waals surface area contributed by atoms with Crippen LogP contribution in [0.5, 0.6) is 0 Å². The summed E-state index contributed by atoms with van der Waals surface area (Å²) in [7, 11) is 0. The van der Waals surface area contributed by atoms with Crippen molar-refractivity contribution < 1.29 is 19.5 Å². The Balaban J connectivity index is 2.75. The van der Waals surface area contributed by atoms with E-state index in [1.807, 2.05) is 0 Å². The number of carboxylic acids is 1. The summed E-state index contributed by atoms with van der Waals surface area (Å²) in [6.45, 7) is 0. The number of carboxylic acid groups (broad SMARTS) is 1. The Bertz CT molecular complexity index is 476. The third-order valence-corrected chi connectivity index (χ3v) is 2.07. The molecule has 0 bridgehead atoms. The van der Waals surface area contributed by atoms with Gasteiger partial charge in [0.05, 0.1) is 6.42 Å². The van der Waals surface area contributed by atoms with E-state index in [9.17, 15) is 14.4 Å². The Morgan fingerprint density at radius 1 is 1.39 bits per heavy atom. The Hall–Kier alpha value is -2.22. The van der Waals surface area contributed by atoms with Crippen LogP contribution in [-0.4, -0.2) is 39.1 Å². The Morgan fingerprint density at radius 2 is 2.06 bits per heavy atom. The number of nitrogens with zero attached hydrogens (tertiary/aromatic N) is 2. The van der Waals surface area contributed by atoms with Gasteiger partial charge < -0.3 is 16.2 Å². The molecule has 1 unspecified atom stereocenters. The molecule has 1 heterocycles. The molecule has 0 spiro atoms. The average Bonchev–Trinajstić information content (AvgIpc) is 2.28. The van der Waals surface area contributed by atoms with Gasteiger partial charge in [0, 0.05) is 0 Å². The summed E-state index contributed by atoms with van der Waals surface area (Å²) in [6, 6.07) is 1.19. The normalized spacial score (nSPS) is 11.6. The molecular formula is C9H9ClN4O4. The summed E-state index contributed by atoms with van der Waals surface area (Å²) in [5.74, 6) is -3.00. The lowest BCUT2D eigenvalue weighted by atomic mass is 10.2. The van der Waals surface area contributed by atoms with E-state index >= 15 is 0 Å². The minimum atomic E-state index is -1.41. The molecule has 18 heavy (non-hydrogen) atoms. The molecule has 1 aromatic heterocycles. The van der Waals surface area contributed by atoms with Crippen LogP contribution in [0.15, 0.2) is 12.1 Å². The number of amides is 2. The molecule has 0 fully saturated rings. The van der Waals surface area contributed by atoms with Crippen molar-refractivity contribution in [3.05, 3.63) is 23.0 Å². The van der Waals surface area contributed by atoms with Crippen molar-refractivity contribution in [3.63, 3.8) is 0 Å². The number of nitrogens with one attached hydrogen (secondary N) is 1. The zero-order valence-corrected chi connectivity index (χ0v) is 9.72. The summed E-state index contributed by atoms with van der Waals surface area (Å²) in [5.41, 5.74) is 4.75. The summed E-state index contributed by atoms with van der Waals surface area (Å²) in [6.07, 6.45) is -0.512. The first-order valence-electron chi connectivity index (χ1n) is 4.71. The van der Waals surface area contributed by atoms with Crippen molar-refractivity contribution in [2.45, 2.75) is 12.5 Å². The molecule has 4 N–H and O–H groups in total. The molecule has 0 aliphatic heterocycles. The highest BCUT2D eigenvalue weighted by Crippen LogP contribution is 2.03. The predicted octanol–water partition coefficient (Wildman–Crippen LogP) is -0.812. The fourth-order valence-corrected chi connectivity index (χ4v) is 1.17. The second-order valence-electron chi connectivity index (χ2n) is 3.28. The van der Waals surface area contributed by atoms with Crippen LogP contribution in [0.4, 0.5) is 0 Å². The second kappa shape index (κ2) is 5.92. The highest BCUT2D eigenvalue weighted by Gasteiger charge is 2.23. The van der Waals surface area contributed by atoms with Crippen molar-refractivity contribution in [1.82, 2.24) is 15.5 Å². The lowest BCUT2D eigenvalue weighted by molar-refractivity contribution is -0.140. The molecular weight excluding hydrogens is 264 g/mol. The van der Waals surface area contributed by atoms with Gasteiger partial charge in [0.15, 0.2) is 10.8 Å². The van der Waals surface area contributed by atoms with Gasteiger partial charge in [0.2, 0.25) is 5.91 Å². The SMILES string of the molecule is NC(=O)CC(NC(=O)c1ccc(Cl)nn1)C(=O)O. The summed E-state index contributed by atoms with van der Waals surface area (Å²) < 4.78 is 0. The maximum Gasteiger partial charge on any atom is 0.326 e. The number of carbonyl (C=O) groups is 3. The lowest BCUT2D eigenvalue weighted by Crippen LogP contribution is -2.43. The number of hydrogen-bond acceptors (Lipinski definition) is 5. The Morgan fingerprint density at radius 3 is 2.50 bits per heavy atom. The zero-order valence-electron chi connectivity index (χ0n) is 8.96. The number of rotatable bonds is 5. The molecule has 1 atom stereocenters. The molecule has 0 radical (unpaired) electrons. The number of aliphatic carboxylic acids is 1. The molecule has 0 saturated heterocycles. The fraction of sp³-hybridized carbons (Fsp3) is 0.222. The summed E-state index contributed by atoms with van der Waals surface area (Å²) in [4.78, 5) is 33.0. The van der Waals surface area contributed by atoms with Crippen LogP contribution >= 0.6 is 11.6 Å². The molecule has 0 aliphatic carbocycles. The Kier molecular flexibility index (Phi) is 4.55. The van der Waals surface area contributed by atoms with Crippen LogP contribution < -0.4 is 11.1 Å². The standard InChI is InChI=1S/C9H9ClN4O4/c10-6-2-1-4(13-14-6)8(16)12-5(9(17)18)3-7(11)15/h1-2,5H,3H2,(H2,11,15)(H,12,16)(H,17,18). The van der Waals surface area contributed by atoms with Crippen molar-refractivity contribution in [1.29, 1.82) is 0 Å². The van der Waals surface area contributed by atoms with E-state index in [0.29, 0.717) is 0 Å². The van der Waals surface area contributed by atoms with E-state index < -0.39 is 30.2 Å². The second-order valence-corrected chi connectivity index (χ2v) is 3.66. The van der Waals surface area contributed by atoms with E-state index in [1.165, 1.54) is 12.1 Å². The first-order valence-corrected chi connectivity index (χ1v) is 5.09. The highest BCUT2D eigenvalue weighted by atomic mass is 35.5. The van der Waals surface area contributed by atoms with Crippen LogP contribution in [0.3, 0.4) is 0 Å². The van der Waals surface area contributed by atoms with E-state index in [1.54, 1.807) is 0 Å². The van der Waals surface area contributed by atoms with E-state index in [4.69, 9.17) is 22.4 Å². The fourth-order valence-electron chi connectivity index (χ4n) is 1.07. The third kappa shape index (κ3) is 3.98. The summed E-state index contributed by atoms with van der Waals surface area (Å²) in [5, 5.41) is 17.9. The molecule has 9 heteroatoms. The predicted molar refractivity (Wildman–Crippen MR) is 59.7 cm³/mol. The van der Waals surface area contributed by atoms with Crippen LogP contribution in [-0.2, 0) is 9.59 Å². The molecule has 2 amide bonds. The molecule has 0 aliphatic rings. The molecule has 1 aromatic rings. The molecule has 0 aromatic carbocycles. The number of aromatic nitrogens is 2. The van der Waals surface area contributed by atoms with Crippen LogP contribution in [0, 0.1) is 0 Å². The van der Waals surface area contributed by atoms with Crippen molar-refractivity contribution in [2.24, 2.45) is 5.73 Å². The van der Waals surface area contributed by atoms with Gasteiger partial charge in [-0.05, 0) is 12.1 Å². The van der Waals surface area contributed by atoms with Gasteiger partial charge in [-0.2, -0.15) is 0 Å². The van der Waals surface area contributed by atoms with Crippen LogP contribution in [0.1, 0.15) is 16.9 Å². The highest BCUT2D eigenvalue weighted by molar-refractivity contribution is 6.29. The maximum absolute atomic E-state index is 11.6. The van der Waals surface area contributed by atoms with Crippen molar-refractivity contribution in [3.8, 4) is 0 Å². The third-order valence-electron chi connectivity index (χ3n) is 1.87. The smallest absolute Gasteiger partial charge is 0.326 e. The van der Waals surface area contributed by atoms with Crippen molar-refractivity contribution >= 4 is 29.4 Å². The Labute approximate surface area is 106 Å². The lowest BCUT2D eigenvalue weighted by Gasteiger charge is -2.11. The van der Waals surface area contributed by atoms with Gasteiger partial charge in [-0.1, -0.05) is 11.6 Å². The van der Waals surface area contributed by atoms with E-state index in [2.05, 4.69) is 15.5 Å². The molecule has 0 saturated carbocycles. The average molecular weight is 273 g/mol. The number of halogens is 1. The van der Waals surface area contributed by atoms with Gasteiger partial charge in [-0.3, -0.25) is 9.59 Å². The van der Waals surface area contributed by atoms with Crippen molar-refractivity contribution in [2.75, 3.05) is 0 Å². The first kappa shape index (κ1) is 13.8. The zero-order chi connectivity index (χ0) is 13.7. The van der Waals surface area contributed by atoms with Crippen LogP contribution in [0.25, 0.3) is 0 Å². The van der Waals surface area contributed by atoms with E-state index in [0.717, 1.165) is 0 Å².